The second kappa shape index (κ2) is 10.8. The van der Waals surface area contributed by atoms with Crippen LogP contribution in [0.1, 0.15) is 12.0 Å². The highest BCUT2D eigenvalue weighted by atomic mass is 16.5. The van der Waals surface area contributed by atoms with Gasteiger partial charge in [0.15, 0.2) is 0 Å². The fourth-order valence-corrected chi connectivity index (χ4v) is 1.46. The topological polar surface area (TPSA) is 90.9 Å². The molecule has 1 aromatic carbocycles. The molecule has 0 aliphatic heterocycles. The summed E-state index contributed by atoms with van der Waals surface area (Å²) in [5.41, 5.74) is 0.897. The van der Waals surface area contributed by atoms with Crippen LogP contribution in [0, 0.1) is 0 Å². The van der Waals surface area contributed by atoms with Crippen LogP contribution in [0.5, 0.6) is 0 Å². The van der Waals surface area contributed by atoms with Gasteiger partial charge in [0.05, 0.1) is 13.7 Å². The molecule has 1 N–H and O–H groups in total. The van der Waals surface area contributed by atoms with Gasteiger partial charge in [-0.15, -0.1) is 0 Å². The summed E-state index contributed by atoms with van der Waals surface area (Å²) >= 11 is 0. The van der Waals surface area contributed by atoms with E-state index in [1.165, 1.54) is 7.11 Å². The number of esters is 2. The van der Waals surface area contributed by atoms with Crippen molar-refractivity contribution in [2.75, 3.05) is 20.3 Å². The molecule has 124 valence electrons. The fraction of sp³-hybridized carbons (Fsp3) is 0.312. The maximum atomic E-state index is 11.4. The zero-order chi connectivity index (χ0) is 16.9. The maximum absolute atomic E-state index is 11.4. The van der Waals surface area contributed by atoms with Crippen LogP contribution in [0.2, 0.25) is 0 Å². The van der Waals surface area contributed by atoms with Gasteiger partial charge >= 0.3 is 18.0 Å². The molecular weight excluding hydrogens is 302 g/mol. The van der Waals surface area contributed by atoms with Crippen LogP contribution in [-0.4, -0.2) is 38.3 Å². The average molecular weight is 321 g/mol. The van der Waals surface area contributed by atoms with E-state index in [4.69, 9.17) is 9.47 Å². The normalized spacial score (nSPS) is 10.1. The van der Waals surface area contributed by atoms with Gasteiger partial charge in [0.1, 0.15) is 6.61 Å². The van der Waals surface area contributed by atoms with E-state index in [0.717, 1.165) is 17.7 Å². The van der Waals surface area contributed by atoms with Gasteiger partial charge < -0.3 is 19.5 Å². The summed E-state index contributed by atoms with van der Waals surface area (Å²) in [4.78, 5) is 33.4. The Morgan fingerprint density at radius 1 is 1.04 bits per heavy atom. The number of rotatable bonds is 8. The second-order valence-electron chi connectivity index (χ2n) is 4.37. The summed E-state index contributed by atoms with van der Waals surface area (Å²) < 4.78 is 14.2. The molecule has 0 heterocycles. The number of amides is 1. The molecule has 1 amide bonds. The first kappa shape index (κ1) is 18.2. The molecule has 0 bridgehead atoms. The molecule has 23 heavy (non-hydrogen) atoms. The lowest BCUT2D eigenvalue weighted by atomic mass is 10.2. The lowest BCUT2D eigenvalue weighted by Gasteiger charge is -2.07. The molecule has 0 aromatic heterocycles. The molecule has 7 heteroatoms. The van der Waals surface area contributed by atoms with Crippen molar-refractivity contribution >= 4 is 18.0 Å². The molecule has 0 aliphatic carbocycles. The third-order valence-corrected chi connectivity index (χ3v) is 2.60. The van der Waals surface area contributed by atoms with Crippen molar-refractivity contribution in [1.82, 2.24) is 5.32 Å². The number of nitrogens with one attached hydrogen (secondary N) is 1. The Morgan fingerprint density at radius 2 is 1.74 bits per heavy atom. The minimum atomic E-state index is -0.651. The van der Waals surface area contributed by atoms with Crippen molar-refractivity contribution in [2.45, 2.75) is 13.0 Å². The number of hydrogen-bond donors (Lipinski definition) is 1. The second-order valence-corrected chi connectivity index (χ2v) is 4.37. The Hall–Kier alpha value is -2.83. The van der Waals surface area contributed by atoms with Gasteiger partial charge in [-0.2, -0.15) is 0 Å². The van der Waals surface area contributed by atoms with Crippen LogP contribution < -0.4 is 5.32 Å². The highest BCUT2D eigenvalue weighted by molar-refractivity contribution is 5.91. The monoisotopic (exact) mass is 321 g/mol. The number of alkyl carbamates (subject to hydrolysis) is 1. The zero-order valence-electron chi connectivity index (χ0n) is 12.8. The summed E-state index contributed by atoms with van der Waals surface area (Å²) in [7, 11) is 1.21. The predicted octanol–water partition coefficient (Wildman–Crippen LogP) is 1.58. The minimum Gasteiger partial charge on any atom is -0.466 e. The molecule has 0 spiro atoms. The van der Waals surface area contributed by atoms with Crippen LogP contribution in [0.15, 0.2) is 42.5 Å². The van der Waals surface area contributed by atoms with Crippen LogP contribution in [0.4, 0.5) is 4.79 Å². The summed E-state index contributed by atoms with van der Waals surface area (Å²) in [6, 6.07) is 9.31. The zero-order valence-corrected chi connectivity index (χ0v) is 12.8. The number of benzene rings is 1. The summed E-state index contributed by atoms with van der Waals surface area (Å²) in [6.45, 7) is 0.616. The highest BCUT2D eigenvalue weighted by Gasteiger charge is 2.03. The first-order chi connectivity index (χ1) is 11.1. The van der Waals surface area contributed by atoms with Crippen molar-refractivity contribution in [2.24, 2.45) is 0 Å². The van der Waals surface area contributed by atoms with E-state index in [1.807, 2.05) is 30.3 Å². The summed E-state index contributed by atoms with van der Waals surface area (Å²) in [6.07, 6.45) is 1.85. The van der Waals surface area contributed by atoms with Gasteiger partial charge in [-0.3, -0.25) is 0 Å². The van der Waals surface area contributed by atoms with Crippen molar-refractivity contribution in [3.8, 4) is 0 Å². The average Bonchev–Trinajstić information content (AvgIpc) is 2.58. The highest BCUT2D eigenvalue weighted by Crippen LogP contribution is 2.00. The molecule has 0 radical (unpaired) electrons. The molecule has 7 nitrogen and oxygen atoms in total. The van der Waals surface area contributed by atoms with Gasteiger partial charge in [-0.1, -0.05) is 30.3 Å². The smallest absolute Gasteiger partial charge is 0.407 e. The first-order valence-electron chi connectivity index (χ1n) is 6.99. The molecule has 0 aliphatic rings. The number of methoxy groups -OCH3 is 1. The molecule has 0 fully saturated rings. The van der Waals surface area contributed by atoms with E-state index in [0.29, 0.717) is 13.0 Å². The number of hydrogen-bond acceptors (Lipinski definition) is 6. The van der Waals surface area contributed by atoms with Gasteiger partial charge in [0.25, 0.3) is 0 Å². The van der Waals surface area contributed by atoms with E-state index in [2.05, 4.69) is 10.1 Å². The lowest BCUT2D eigenvalue weighted by Crippen LogP contribution is -2.26. The SMILES string of the molecule is COC(=O)/C=C/C(=O)OCCCNC(=O)OCc1ccccc1. The Bertz CT molecular complexity index is 541. The predicted molar refractivity (Wildman–Crippen MR) is 81.4 cm³/mol. The van der Waals surface area contributed by atoms with E-state index in [-0.39, 0.29) is 13.2 Å². The molecule has 1 rings (SSSR count). The van der Waals surface area contributed by atoms with E-state index < -0.39 is 18.0 Å². The maximum Gasteiger partial charge on any atom is 0.407 e. The van der Waals surface area contributed by atoms with Crippen molar-refractivity contribution < 1.29 is 28.6 Å². The Kier molecular flexibility index (Phi) is 8.58. The van der Waals surface area contributed by atoms with E-state index in [1.54, 1.807) is 0 Å². The third-order valence-electron chi connectivity index (χ3n) is 2.60. The van der Waals surface area contributed by atoms with E-state index >= 15 is 0 Å². The number of carbonyl (C=O) groups excluding carboxylic acids is 3. The Balaban J connectivity index is 2.06. The van der Waals surface area contributed by atoms with Crippen LogP contribution in [-0.2, 0) is 30.4 Å². The van der Waals surface area contributed by atoms with Crippen LogP contribution in [0.25, 0.3) is 0 Å². The van der Waals surface area contributed by atoms with Crippen molar-refractivity contribution in [3.63, 3.8) is 0 Å². The number of carbonyl (C=O) groups is 3. The minimum absolute atomic E-state index is 0.114. The molecule has 0 saturated carbocycles. The van der Waals surface area contributed by atoms with Gasteiger partial charge in [-0.25, -0.2) is 14.4 Å². The third kappa shape index (κ3) is 8.92. The number of ether oxygens (including phenoxy) is 3. The molecule has 0 saturated heterocycles. The van der Waals surface area contributed by atoms with Gasteiger partial charge in [0.2, 0.25) is 0 Å². The summed E-state index contributed by atoms with van der Waals surface area (Å²) in [5.74, 6) is -1.29. The summed E-state index contributed by atoms with van der Waals surface area (Å²) in [5, 5.41) is 2.54. The molecule has 0 atom stereocenters. The molecule has 1 aromatic rings. The fourth-order valence-electron chi connectivity index (χ4n) is 1.46. The Morgan fingerprint density at radius 3 is 2.43 bits per heavy atom. The van der Waals surface area contributed by atoms with Crippen LogP contribution in [0.3, 0.4) is 0 Å². The van der Waals surface area contributed by atoms with Crippen molar-refractivity contribution in [1.29, 1.82) is 0 Å². The van der Waals surface area contributed by atoms with Crippen molar-refractivity contribution in [3.05, 3.63) is 48.0 Å². The lowest BCUT2D eigenvalue weighted by molar-refractivity contribution is -0.139. The largest absolute Gasteiger partial charge is 0.466 e. The van der Waals surface area contributed by atoms with Gasteiger partial charge in [0, 0.05) is 18.7 Å². The molecule has 0 unspecified atom stereocenters. The van der Waals surface area contributed by atoms with Crippen LogP contribution >= 0.6 is 0 Å². The Labute approximate surface area is 134 Å². The quantitative estimate of drug-likeness (QED) is 0.338. The standard InChI is InChI=1S/C16H19NO6/c1-21-14(18)8-9-15(19)22-11-5-10-17-16(20)23-12-13-6-3-2-4-7-13/h2-4,6-9H,5,10-12H2,1H3,(H,17,20)/b9-8+. The van der Waals surface area contributed by atoms with Gasteiger partial charge in [-0.05, 0) is 12.0 Å². The van der Waals surface area contributed by atoms with E-state index in [9.17, 15) is 14.4 Å². The first-order valence-corrected chi connectivity index (χ1v) is 6.99. The molecular formula is C16H19NO6.